The molecule has 0 aromatic carbocycles. The third kappa shape index (κ3) is 5.11. The van der Waals surface area contributed by atoms with Crippen molar-refractivity contribution in [1.29, 1.82) is 0 Å². The van der Waals surface area contributed by atoms with Gasteiger partial charge in [0.05, 0.1) is 19.8 Å². The van der Waals surface area contributed by atoms with E-state index in [1.54, 1.807) is 0 Å². The van der Waals surface area contributed by atoms with Gasteiger partial charge in [-0.05, 0) is 19.5 Å². The Morgan fingerprint density at radius 1 is 1.40 bits per heavy atom. The highest BCUT2D eigenvalue weighted by Crippen LogP contribution is 2.00. The predicted octanol–water partition coefficient (Wildman–Crippen LogP) is -0.482. The van der Waals surface area contributed by atoms with E-state index in [9.17, 15) is 4.79 Å². The molecule has 0 bridgehead atoms. The molecule has 1 amide bonds. The van der Waals surface area contributed by atoms with Crippen molar-refractivity contribution in [3.8, 4) is 0 Å². The van der Waals surface area contributed by atoms with Crippen LogP contribution in [0.2, 0.25) is 0 Å². The minimum absolute atomic E-state index is 0.0637. The standard InChI is InChI=1S/C10H20N2O3/c1-2-11-4-3-5-12-10(13)9-8-14-6-7-15-9/h9,11H,2-8H2,1H3,(H,12,13). The Hall–Kier alpha value is -0.650. The van der Waals surface area contributed by atoms with E-state index < -0.39 is 6.10 Å². The third-order valence-corrected chi connectivity index (χ3v) is 2.19. The van der Waals surface area contributed by atoms with Crippen LogP contribution < -0.4 is 10.6 Å². The lowest BCUT2D eigenvalue weighted by Crippen LogP contribution is -2.43. The minimum atomic E-state index is -0.419. The van der Waals surface area contributed by atoms with Crippen molar-refractivity contribution < 1.29 is 14.3 Å². The fraction of sp³-hybridized carbons (Fsp3) is 0.900. The van der Waals surface area contributed by atoms with Crippen LogP contribution in [0.5, 0.6) is 0 Å². The maximum absolute atomic E-state index is 11.5. The minimum Gasteiger partial charge on any atom is -0.376 e. The van der Waals surface area contributed by atoms with Crippen LogP contribution in [0, 0.1) is 0 Å². The van der Waals surface area contributed by atoms with Gasteiger partial charge in [0.15, 0.2) is 6.10 Å². The van der Waals surface area contributed by atoms with Gasteiger partial charge in [-0.1, -0.05) is 6.92 Å². The van der Waals surface area contributed by atoms with Crippen molar-refractivity contribution in [2.75, 3.05) is 39.5 Å². The summed E-state index contributed by atoms with van der Waals surface area (Å²) >= 11 is 0. The van der Waals surface area contributed by atoms with Gasteiger partial charge in [-0.15, -0.1) is 0 Å². The van der Waals surface area contributed by atoms with Crippen molar-refractivity contribution in [3.63, 3.8) is 0 Å². The highest BCUT2D eigenvalue weighted by molar-refractivity contribution is 5.80. The summed E-state index contributed by atoms with van der Waals surface area (Å²) in [7, 11) is 0. The van der Waals surface area contributed by atoms with E-state index in [-0.39, 0.29) is 5.91 Å². The Labute approximate surface area is 90.5 Å². The van der Waals surface area contributed by atoms with Crippen LogP contribution >= 0.6 is 0 Å². The SMILES string of the molecule is CCNCCCNC(=O)C1COCCO1. The van der Waals surface area contributed by atoms with Gasteiger partial charge in [-0.3, -0.25) is 4.79 Å². The molecule has 0 spiro atoms. The fourth-order valence-corrected chi connectivity index (χ4v) is 1.35. The summed E-state index contributed by atoms with van der Waals surface area (Å²) in [6.07, 6.45) is 0.519. The largest absolute Gasteiger partial charge is 0.376 e. The fourth-order valence-electron chi connectivity index (χ4n) is 1.35. The molecule has 0 radical (unpaired) electrons. The average molecular weight is 216 g/mol. The lowest BCUT2D eigenvalue weighted by molar-refractivity contribution is -0.147. The first-order valence-corrected chi connectivity index (χ1v) is 5.52. The average Bonchev–Trinajstić information content (AvgIpc) is 2.30. The van der Waals surface area contributed by atoms with Gasteiger partial charge >= 0.3 is 0 Å². The van der Waals surface area contributed by atoms with Crippen LogP contribution in [0.1, 0.15) is 13.3 Å². The number of amides is 1. The summed E-state index contributed by atoms with van der Waals surface area (Å²) < 4.78 is 10.4. The predicted molar refractivity (Wildman–Crippen MR) is 56.7 cm³/mol. The number of hydrogen-bond donors (Lipinski definition) is 2. The van der Waals surface area contributed by atoms with E-state index in [0.717, 1.165) is 19.5 Å². The molecular formula is C10H20N2O3. The Morgan fingerprint density at radius 3 is 2.93 bits per heavy atom. The molecule has 1 rings (SSSR count). The third-order valence-electron chi connectivity index (χ3n) is 2.19. The molecular weight excluding hydrogens is 196 g/mol. The molecule has 1 aliphatic rings. The number of nitrogens with one attached hydrogen (secondary N) is 2. The second-order valence-electron chi connectivity index (χ2n) is 3.43. The second kappa shape index (κ2) is 7.62. The summed E-state index contributed by atoms with van der Waals surface area (Å²) in [6.45, 7) is 6.11. The van der Waals surface area contributed by atoms with Crippen molar-refractivity contribution in [2.45, 2.75) is 19.4 Å². The van der Waals surface area contributed by atoms with Crippen LogP contribution in [0.3, 0.4) is 0 Å². The zero-order valence-corrected chi connectivity index (χ0v) is 9.25. The van der Waals surface area contributed by atoms with Gasteiger partial charge < -0.3 is 20.1 Å². The van der Waals surface area contributed by atoms with E-state index in [1.807, 2.05) is 0 Å². The topological polar surface area (TPSA) is 59.6 Å². The van der Waals surface area contributed by atoms with Crippen molar-refractivity contribution in [1.82, 2.24) is 10.6 Å². The summed E-state index contributed by atoms with van der Waals surface area (Å²) in [5, 5.41) is 6.02. The Morgan fingerprint density at radius 2 is 2.27 bits per heavy atom. The van der Waals surface area contributed by atoms with Crippen LogP contribution in [0.15, 0.2) is 0 Å². The maximum atomic E-state index is 11.5. The molecule has 0 aromatic heterocycles. The molecule has 1 aliphatic heterocycles. The van der Waals surface area contributed by atoms with E-state index in [1.165, 1.54) is 0 Å². The first-order chi connectivity index (χ1) is 7.34. The van der Waals surface area contributed by atoms with Gasteiger partial charge in [0.2, 0.25) is 0 Å². The van der Waals surface area contributed by atoms with E-state index in [0.29, 0.717) is 26.4 Å². The zero-order chi connectivity index (χ0) is 10.9. The molecule has 0 saturated carbocycles. The van der Waals surface area contributed by atoms with Gasteiger partial charge in [-0.25, -0.2) is 0 Å². The Kier molecular flexibility index (Phi) is 6.31. The molecule has 1 saturated heterocycles. The summed E-state index contributed by atoms with van der Waals surface area (Å²) in [5.41, 5.74) is 0. The summed E-state index contributed by atoms with van der Waals surface area (Å²) in [5.74, 6) is -0.0637. The molecule has 5 heteroatoms. The lowest BCUT2D eigenvalue weighted by atomic mass is 10.3. The monoisotopic (exact) mass is 216 g/mol. The summed E-state index contributed by atoms with van der Waals surface area (Å²) in [4.78, 5) is 11.5. The number of carbonyl (C=O) groups excluding carboxylic acids is 1. The normalized spacial score (nSPS) is 21.3. The van der Waals surface area contributed by atoms with Crippen molar-refractivity contribution in [2.24, 2.45) is 0 Å². The maximum Gasteiger partial charge on any atom is 0.251 e. The van der Waals surface area contributed by atoms with E-state index in [4.69, 9.17) is 9.47 Å². The second-order valence-corrected chi connectivity index (χ2v) is 3.43. The van der Waals surface area contributed by atoms with E-state index in [2.05, 4.69) is 17.6 Å². The van der Waals surface area contributed by atoms with Crippen molar-refractivity contribution in [3.05, 3.63) is 0 Å². The highest BCUT2D eigenvalue weighted by atomic mass is 16.6. The molecule has 0 aliphatic carbocycles. The van der Waals surface area contributed by atoms with Crippen molar-refractivity contribution >= 4 is 5.91 Å². The Balaban J connectivity index is 2.02. The molecule has 0 aromatic rings. The first kappa shape index (κ1) is 12.4. The van der Waals surface area contributed by atoms with Gasteiger partial charge in [0, 0.05) is 6.54 Å². The molecule has 5 nitrogen and oxygen atoms in total. The first-order valence-electron chi connectivity index (χ1n) is 5.52. The molecule has 1 fully saturated rings. The van der Waals surface area contributed by atoms with Crippen LogP contribution in [0.4, 0.5) is 0 Å². The van der Waals surface area contributed by atoms with Gasteiger partial charge in [-0.2, -0.15) is 0 Å². The smallest absolute Gasteiger partial charge is 0.251 e. The van der Waals surface area contributed by atoms with Crippen LogP contribution in [-0.4, -0.2) is 51.5 Å². The number of ether oxygens (including phenoxy) is 2. The van der Waals surface area contributed by atoms with E-state index >= 15 is 0 Å². The van der Waals surface area contributed by atoms with Crippen LogP contribution in [0.25, 0.3) is 0 Å². The molecule has 1 heterocycles. The molecule has 2 N–H and O–H groups in total. The molecule has 1 unspecified atom stereocenters. The lowest BCUT2D eigenvalue weighted by Gasteiger charge is -2.21. The molecule has 88 valence electrons. The molecule has 15 heavy (non-hydrogen) atoms. The Bertz CT molecular complexity index is 182. The number of carbonyl (C=O) groups is 1. The van der Waals surface area contributed by atoms with Gasteiger partial charge in [0.25, 0.3) is 5.91 Å². The number of rotatable bonds is 6. The van der Waals surface area contributed by atoms with Gasteiger partial charge in [0.1, 0.15) is 0 Å². The molecule has 1 atom stereocenters. The zero-order valence-electron chi connectivity index (χ0n) is 9.25. The van der Waals surface area contributed by atoms with Crippen LogP contribution in [-0.2, 0) is 14.3 Å². The number of hydrogen-bond acceptors (Lipinski definition) is 4. The quantitative estimate of drug-likeness (QED) is 0.589. The summed E-state index contributed by atoms with van der Waals surface area (Å²) in [6, 6.07) is 0. The highest BCUT2D eigenvalue weighted by Gasteiger charge is 2.21.